The molecule has 0 radical (unpaired) electrons. The van der Waals surface area contributed by atoms with Gasteiger partial charge in [-0.15, -0.1) is 0 Å². The Bertz CT molecular complexity index is 589. The van der Waals surface area contributed by atoms with E-state index in [1.54, 1.807) is 36.7 Å². The standard InChI is InChI=1S/C14H12BrFN2O/c1-2-18(10-6-8-17-9-7-10)14(19)11-4-3-5-12(15)13(11)16/h3-9H,2H2,1H3. The maximum atomic E-state index is 14.0. The molecule has 5 heteroatoms. The number of benzene rings is 1. The average Bonchev–Trinajstić information content (AvgIpc) is 2.44. The van der Waals surface area contributed by atoms with Crippen molar-refractivity contribution >= 4 is 27.5 Å². The molecule has 0 aliphatic heterocycles. The van der Waals surface area contributed by atoms with Crippen molar-refractivity contribution in [3.63, 3.8) is 0 Å². The number of aromatic nitrogens is 1. The molecule has 2 rings (SSSR count). The van der Waals surface area contributed by atoms with Crippen molar-refractivity contribution in [1.82, 2.24) is 4.98 Å². The van der Waals surface area contributed by atoms with Gasteiger partial charge in [-0.1, -0.05) is 6.07 Å². The Labute approximate surface area is 119 Å². The summed E-state index contributed by atoms with van der Waals surface area (Å²) in [6, 6.07) is 8.12. The monoisotopic (exact) mass is 322 g/mol. The lowest BCUT2D eigenvalue weighted by molar-refractivity contribution is 0.0984. The van der Waals surface area contributed by atoms with E-state index in [1.807, 2.05) is 6.92 Å². The van der Waals surface area contributed by atoms with E-state index in [0.29, 0.717) is 12.2 Å². The lowest BCUT2D eigenvalue weighted by atomic mass is 10.1. The topological polar surface area (TPSA) is 33.2 Å². The Hall–Kier alpha value is -1.75. The van der Waals surface area contributed by atoms with Gasteiger partial charge in [-0.2, -0.15) is 0 Å². The fourth-order valence-corrected chi connectivity index (χ4v) is 2.15. The van der Waals surface area contributed by atoms with Gasteiger partial charge in [0.05, 0.1) is 10.0 Å². The highest BCUT2D eigenvalue weighted by Gasteiger charge is 2.20. The molecule has 1 aromatic heterocycles. The molecule has 1 heterocycles. The minimum Gasteiger partial charge on any atom is -0.308 e. The Morgan fingerprint density at radius 2 is 2.00 bits per heavy atom. The number of rotatable bonds is 3. The van der Waals surface area contributed by atoms with Crippen LogP contribution < -0.4 is 4.90 Å². The number of nitrogens with zero attached hydrogens (tertiary/aromatic N) is 2. The average molecular weight is 323 g/mol. The summed E-state index contributed by atoms with van der Waals surface area (Å²) in [7, 11) is 0. The van der Waals surface area contributed by atoms with Gasteiger partial charge in [0, 0.05) is 24.6 Å². The summed E-state index contributed by atoms with van der Waals surface area (Å²) in [6.45, 7) is 2.29. The highest BCUT2D eigenvalue weighted by molar-refractivity contribution is 9.10. The zero-order valence-corrected chi connectivity index (χ0v) is 11.9. The van der Waals surface area contributed by atoms with Gasteiger partial charge >= 0.3 is 0 Å². The fraction of sp³-hybridized carbons (Fsp3) is 0.143. The molecule has 19 heavy (non-hydrogen) atoms. The molecule has 1 amide bonds. The summed E-state index contributed by atoms with van der Waals surface area (Å²) in [6.07, 6.45) is 3.20. The normalized spacial score (nSPS) is 10.3. The lowest BCUT2D eigenvalue weighted by Gasteiger charge is -2.21. The zero-order chi connectivity index (χ0) is 13.8. The molecule has 0 unspecified atom stereocenters. The number of carbonyl (C=O) groups excluding carboxylic acids is 1. The second-order valence-corrected chi connectivity index (χ2v) is 4.71. The number of amides is 1. The largest absolute Gasteiger partial charge is 0.308 e. The fourth-order valence-electron chi connectivity index (χ4n) is 1.78. The van der Waals surface area contributed by atoms with E-state index < -0.39 is 5.82 Å². The molecule has 0 fully saturated rings. The van der Waals surface area contributed by atoms with Gasteiger partial charge in [0.1, 0.15) is 5.82 Å². The molecular weight excluding hydrogens is 311 g/mol. The second kappa shape index (κ2) is 5.93. The molecule has 2 aromatic rings. The van der Waals surface area contributed by atoms with Crippen molar-refractivity contribution in [2.45, 2.75) is 6.92 Å². The van der Waals surface area contributed by atoms with Crippen LogP contribution in [0.3, 0.4) is 0 Å². The van der Waals surface area contributed by atoms with Crippen molar-refractivity contribution in [3.05, 3.63) is 58.6 Å². The van der Waals surface area contributed by atoms with Gasteiger partial charge in [0.25, 0.3) is 5.91 Å². The second-order valence-electron chi connectivity index (χ2n) is 3.86. The summed E-state index contributed by atoms with van der Waals surface area (Å²) in [5.41, 5.74) is 0.745. The Balaban J connectivity index is 2.39. The van der Waals surface area contributed by atoms with Gasteiger partial charge in [-0.3, -0.25) is 9.78 Å². The van der Waals surface area contributed by atoms with E-state index in [2.05, 4.69) is 20.9 Å². The summed E-state index contributed by atoms with van der Waals surface area (Å²) in [5.74, 6) is -0.910. The third-order valence-electron chi connectivity index (χ3n) is 2.72. The number of pyridine rings is 1. The first kappa shape index (κ1) is 13.7. The van der Waals surface area contributed by atoms with Crippen LogP contribution in [0, 0.1) is 5.82 Å². The Morgan fingerprint density at radius 1 is 1.32 bits per heavy atom. The van der Waals surface area contributed by atoms with Crippen LogP contribution in [0.25, 0.3) is 0 Å². The number of anilines is 1. The minimum atomic E-state index is -0.542. The molecule has 3 nitrogen and oxygen atoms in total. The third kappa shape index (κ3) is 2.81. The van der Waals surface area contributed by atoms with Gasteiger partial charge < -0.3 is 4.90 Å². The predicted octanol–water partition coefficient (Wildman–Crippen LogP) is 3.65. The van der Waals surface area contributed by atoms with Crippen LogP contribution in [0.1, 0.15) is 17.3 Å². The van der Waals surface area contributed by atoms with Crippen LogP contribution >= 0.6 is 15.9 Å². The highest BCUT2D eigenvalue weighted by atomic mass is 79.9. The van der Waals surface area contributed by atoms with Crippen LogP contribution in [0.5, 0.6) is 0 Å². The molecule has 0 aliphatic rings. The van der Waals surface area contributed by atoms with Crippen LogP contribution in [-0.2, 0) is 0 Å². The van der Waals surface area contributed by atoms with Gasteiger partial charge in [0.2, 0.25) is 0 Å². The lowest BCUT2D eigenvalue weighted by Crippen LogP contribution is -2.31. The molecule has 0 aliphatic carbocycles. The van der Waals surface area contributed by atoms with Crippen molar-refractivity contribution in [3.8, 4) is 0 Å². The SMILES string of the molecule is CCN(C(=O)c1cccc(Br)c1F)c1ccncc1. The molecule has 0 saturated heterocycles. The van der Waals surface area contributed by atoms with Crippen molar-refractivity contribution in [1.29, 1.82) is 0 Å². The van der Waals surface area contributed by atoms with Gasteiger partial charge in [0.15, 0.2) is 0 Å². The quantitative estimate of drug-likeness (QED) is 0.864. The van der Waals surface area contributed by atoms with Crippen LogP contribution in [0.15, 0.2) is 47.2 Å². The van der Waals surface area contributed by atoms with Crippen molar-refractivity contribution in [2.75, 3.05) is 11.4 Å². The smallest absolute Gasteiger partial charge is 0.261 e. The van der Waals surface area contributed by atoms with Gasteiger partial charge in [-0.25, -0.2) is 4.39 Å². The van der Waals surface area contributed by atoms with Gasteiger partial charge in [-0.05, 0) is 47.1 Å². The summed E-state index contributed by atoms with van der Waals surface area (Å²) in [5, 5.41) is 0. The van der Waals surface area contributed by atoms with E-state index in [1.165, 1.54) is 11.0 Å². The Morgan fingerprint density at radius 3 is 2.63 bits per heavy atom. The number of hydrogen-bond acceptors (Lipinski definition) is 2. The number of halogens is 2. The molecule has 0 bridgehead atoms. The van der Waals surface area contributed by atoms with Crippen LogP contribution in [-0.4, -0.2) is 17.4 Å². The molecule has 1 aromatic carbocycles. The Kier molecular flexibility index (Phi) is 4.27. The third-order valence-corrected chi connectivity index (χ3v) is 3.33. The first-order valence-electron chi connectivity index (χ1n) is 5.81. The molecule has 0 atom stereocenters. The summed E-state index contributed by atoms with van der Waals surface area (Å²) in [4.78, 5) is 17.8. The minimum absolute atomic E-state index is 0.0491. The maximum Gasteiger partial charge on any atom is 0.261 e. The first-order valence-corrected chi connectivity index (χ1v) is 6.60. The number of hydrogen-bond donors (Lipinski definition) is 0. The molecule has 98 valence electrons. The molecule has 0 spiro atoms. The van der Waals surface area contributed by atoms with E-state index in [9.17, 15) is 9.18 Å². The predicted molar refractivity (Wildman–Crippen MR) is 75.7 cm³/mol. The highest BCUT2D eigenvalue weighted by Crippen LogP contribution is 2.22. The first-order chi connectivity index (χ1) is 9.15. The van der Waals surface area contributed by atoms with Crippen molar-refractivity contribution < 1.29 is 9.18 Å². The maximum absolute atomic E-state index is 14.0. The van der Waals surface area contributed by atoms with E-state index >= 15 is 0 Å². The molecular formula is C14H12BrFN2O. The van der Waals surface area contributed by atoms with Crippen molar-refractivity contribution in [2.24, 2.45) is 0 Å². The van der Waals surface area contributed by atoms with Crippen LogP contribution in [0.2, 0.25) is 0 Å². The number of carbonyl (C=O) groups is 1. The summed E-state index contributed by atoms with van der Waals surface area (Å²) < 4.78 is 14.2. The van der Waals surface area contributed by atoms with Crippen LogP contribution in [0.4, 0.5) is 10.1 Å². The van der Waals surface area contributed by atoms with E-state index in [-0.39, 0.29) is 15.9 Å². The molecule has 0 saturated carbocycles. The zero-order valence-electron chi connectivity index (χ0n) is 10.3. The summed E-state index contributed by atoms with van der Waals surface area (Å²) >= 11 is 3.09. The molecule has 0 N–H and O–H groups in total. The van der Waals surface area contributed by atoms with E-state index in [0.717, 1.165) is 0 Å². The van der Waals surface area contributed by atoms with E-state index in [4.69, 9.17) is 0 Å².